The van der Waals surface area contributed by atoms with Gasteiger partial charge in [-0.1, -0.05) is 11.6 Å². The topological polar surface area (TPSA) is 28.2 Å². The number of aromatic nitrogens is 1. The van der Waals surface area contributed by atoms with Crippen molar-refractivity contribution >= 4 is 17.4 Å². The average Bonchev–Trinajstić information content (AvgIpc) is 2.01. The number of rotatable bonds is 4. The summed E-state index contributed by atoms with van der Waals surface area (Å²) in [5.74, 6) is 0.844. The van der Waals surface area contributed by atoms with E-state index in [1.165, 1.54) is 0 Å². The first kappa shape index (κ1) is 11.3. The standard InChI is InChI=1S/C10H16ClN3/c1-8-6-9(11)13-10(7-8)12-4-5-14(2)3/h6-7H,4-5H2,1-3H3,(H,12,13). The van der Waals surface area contributed by atoms with Gasteiger partial charge in [0.2, 0.25) is 0 Å². The summed E-state index contributed by atoms with van der Waals surface area (Å²) in [7, 11) is 4.08. The van der Waals surface area contributed by atoms with Crippen LogP contribution < -0.4 is 5.32 Å². The highest BCUT2D eigenvalue weighted by atomic mass is 35.5. The van der Waals surface area contributed by atoms with Gasteiger partial charge in [0.15, 0.2) is 0 Å². The van der Waals surface area contributed by atoms with Gasteiger partial charge in [-0.25, -0.2) is 4.98 Å². The molecule has 1 N–H and O–H groups in total. The van der Waals surface area contributed by atoms with E-state index in [1.807, 2.05) is 33.2 Å². The lowest BCUT2D eigenvalue weighted by Gasteiger charge is -2.11. The normalized spacial score (nSPS) is 10.6. The fourth-order valence-electron chi connectivity index (χ4n) is 1.12. The summed E-state index contributed by atoms with van der Waals surface area (Å²) >= 11 is 5.83. The molecule has 0 amide bonds. The first-order valence-electron chi connectivity index (χ1n) is 4.61. The number of hydrogen-bond acceptors (Lipinski definition) is 3. The number of aryl methyl sites for hydroxylation is 1. The minimum absolute atomic E-state index is 0.539. The van der Waals surface area contributed by atoms with Crippen molar-refractivity contribution in [3.63, 3.8) is 0 Å². The highest BCUT2D eigenvalue weighted by Gasteiger charge is 1.97. The molecule has 0 radical (unpaired) electrons. The summed E-state index contributed by atoms with van der Waals surface area (Å²) in [6.45, 7) is 3.86. The van der Waals surface area contributed by atoms with Gasteiger partial charge in [0.25, 0.3) is 0 Å². The van der Waals surface area contributed by atoms with E-state index < -0.39 is 0 Å². The predicted molar refractivity (Wildman–Crippen MR) is 61.0 cm³/mol. The molecule has 0 aromatic carbocycles. The Morgan fingerprint density at radius 1 is 1.43 bits per heavy atom. The summed E-state index contributed by atoms with van der Waals surface area (Å²) in [6, 6.07) is 3.83. The lowest BCUT2D eigenvalue weighted by molar-refractivity contribution is 0.425. The van der Waals surface area contributed by atoms with Crippen molar-refractivity contribution in [3.05, 3.63) is 22.8 Å². The van der Waals surface area contributed by atoms with Crippen molar-refractivity contribution in [1.82, 2.24) is 9.88 Å². The van der Waals surface area contributed by atoms with Gasteiger partial charge >= 0.3 is 0 Å². The number of hydrogen-bond donors (Lipinski definition) is 1. The molecule has 1 aromatic rings. The van der Waals surface area contributed by atoms with E-state index in [9.17, 15) is 0 Å². The van der Waals surface area contributed by atoms with Crippen LogP contribution in [0.4, 0.5) is 5.82 Å². The Morgan fingerprint density at radius 2 is 2.14 bits per heavy atom. The van der Waals surface area contributed by atoms with E-state index in [0.29, 0.717) is 5.15 Å². The Morgan fingerprint density at radius 3 is 2.71 bits per heavy atom. The summed E-state index contributed by atoms with van der Waals surface area (Å²) in [4.78, 5) is 6.28. The fraction of sp³-hybridized carbons (Fsp3) is 0.500. The number of anilines is 1. The van der Waals surface area contributed by atoms with Crippen LogP contribution in [0, 0.1) is 6.92 Å². The van der Waals surface area contributed by atoms with Crippen molar-refractivity contribution in [3.8, 4) is 0 Å². The lowest BCUT2D eigenvalue weighted by atomic mass is 10.3. The number of nitrogens with zero attached hydrogens (tertiary/aromatic N) is 2. The van der Waals surface area contributed by atoms with Crippen molar-refractivity contribution in [2.75, 3.05) is 32.5 Å². The monoisotopic (exact) mass is 213 g/mol. The van der Waals surface area contributed by atoms with Gasteiger partial charge in [-0.3, -0.25) is 0 Å². The number of halogens is 1. The molecule has 78 valence electrons. The maximum atomic E-state index is 5.83. The molecular formula is C10H16ClN3. The maximum Gasteiger partial charge on any atom is 0.131 e. The second-order valence-electron chi connectivity index (χ2n) is 3.58. The number of nitrogens with one attached hydrogen (secondary N) is 1. The zero-order chi connectivity index (χ0) is 10.6. The second-order valence-corrected chi connectivity index (χ2v) is 3.97. The van der Waals surface area contributed by atoms with E-state index in [2.05, 4.69) is 15.2 Å². The van der Waals surface area contributed by atoms with Crippen molar-refractivity contribution in [2.45, 2.75) is 6.92 Å². The van der Waals surface area contributed by atoms with Gasteiger partial charge in [0, 0.05) is 13.1 Å². The molecule has 0 aliphatic heterocycles. The van der Waals surface area contributed by atoms with Crippen LogP contribution in [0.2, 0.25) is 5.15 Å². The van der Waals surface area contributed by atoms with Crippen LogP contribution in [0.3, 0.4) is 0 Å². The third-order valence-corrected chi connectivity index (χ3v) is 2.00. The van der Waals surface area contributed by atoms with E-state index in [0.717, 1.165) is 24.5 Å². The third kappa shape index (κ3) is 3.94. The van der Waals surface area contributed by atoms with Crippen molar-refractivity contribution in [1.29, 1.82) is 0 Å². The maximum absolute atomic E-state index is 5.83. The summed E-state index contributed by atoms with van der Waals surface area (Å²) in [6.07, 6.45) is 0. The minimum atomic E-state index is 0.539. The highest BCUT2D eigenvalue weighted by Crippen LogP contribution is 2.12. The van der Waals surface area contributed by atoms with E-state index in [1.54, 1.807) is 0 Å². The molecule has 0 fully saturated rings. The van der Waals surface area contributed by atoms with Crippen molar-refractivity contribution in [2.24, 2.45) is 0 Å². The molecule has 0 aliphatic carbocycles. The van der Waals surface area contributed by atoms with E-state index >= 15 is 0 Å². The first-order chi connectivity index (χ1) is 6.58. The molecule has 0 spiro atoms. The predicted octanol–water partition coefficient (Wildman–Crippen LogP) is 2.02. The van der Waals surface area contributed by atoms with Crippen LogP contribution in [-0.4, -0.2) is 37.1 Å². The first-order valence-corrected chi connectivity index (χ1v) is 4.98. The Hall–Kier alpha value is -0.800. The van der Waals surface area contributed by atoms with Gasteiger partial charge in [-0.15, -0.1) is 0 Å². The average molecular weight is 214 g/mol. The highest BCUT2D eigenvalue weighted by molar-refractivity contribution is 6.29. The van der Waals surface area contributed by atoms with Gasteiger partial charge in [-0.05, 0) is 38.7 Å². The second kappa shape index (κ2) is 5.17. The molecule has 1 rings (SSSR count). The molecule has 0 saturated carbocycles. The van der Waals surface area contributed by atoms with Crippen LogP contribution in [0.1, 0.15) is 5.56 Å². The van der Waals surface area contributed by atoms with Gasteiger partial charge in [0.05, 0.1) is 0 Å². The molecule has 4 heteroatoms. The molecule has 0 bridgehead atoms. The lowest BCUT2D eigenvalue weighted by Crippen LogP contribution is -2.21. The summed E-state index contributed by atoms with van der Waals surface area (Å²) < 4.78 is 0. The zero-order valence-corrected chi connectivity index (χ0v) is 9.60. The molecule has 1 heterocycles. The SMILES string of the molecule is Cc1cc(Cl)nc(NCCN(C)C)c1. The molecule has 1 aromatic heterocycles. The van der Waals surface area contributed by atoms with Gasteiger partial charge in [0.1, 0.15) is 11.0 Å². The van der Waals surface area contributed by atoms with Crippen LogP contribution in [0.5, 0.6) is 0 Å². The Bertz CT molecular complexity index is 279. The molecule has 0 saturated heterocycles. The fourth-order valence-corrected chi connectivity index (χ4v) is 1.39. The third-order valence-electron chi connectivity index (χ3n) is 1.80. The van der Waals surface area contributed by atoms with Crippen LogP contribution in [-0.2, 0) is 0 Å². The largest absolute Gasteiger partial charge is 0.369 e. The quantitative estimate of drug-likeness (QED) is 0.776. The van der Waals surface area contributed by atoms with Crippen molar-refractivity contribution < 1.29 is 0 Å². The molecule has 0 atom stereocenters. The summed E-state index contributed by atoms with van der Waals surface area (Å²) in [5, 5.41) is 3.76. The molecule has 0 unspecified atom stereocenters. The molecule has 0 aliphatic rings. The van der Waals surface area contributed by atoms with Crippen LogP contribution >= 0.6 is 11.6 Å². The van der Waals surface area contributed by atoms with Crippen LogP contribution in [0.15, 0.2) is 12.1 Å². The Labute approximate surface area is 90.1 Å². The minimum Gasteiger partial charge on any atom is -0.369 e. The zero-order valence-electron chi connectivity index (χ0n) is 8.84. The van der Waals surface area contributed by atoms with Gasteiger partial charge in [-0.2, -0.15) is 0 Å². The molecule has 3 nitrogen and oxygen atoms in total. The Kier molecular flexibility index (Phi) is 4.17. The van der Waals surface area contributed by atoms with Gasteiger partial charge < -0.3 is 10.2 Å². The number of pyridine rings is 1. The van der Waals surface area contributed by atoms with Crippen LogP contribution in [0.25, 0.3) is 0 Å². The summed E-state index contributed by atoms with van der Waals surface area (Å²) in [5.41, 5.74) is 1.12. The van der Waals surface area contributed by atoms with E-state index in [4.69, 9.17) is 11.6 Å². The molecular weight excluding hydrogens is 198 g/mol. The Balaban J connectivity index is 2.50. The number of likely N-dealkylation sites (N-methyl/N-ethyl adjacent to an activating group) is 1. The van der Waals surface area contributed by atoms with E-state index in [-0.39, 0.29) is 0 Å². The molecule has 14 heavy (non-hydrogen) atoms. The smallest absolute Gasteiger partial charge is 0.131 e.